The number of benzene rings is 1. The summed E-state index contributed by atoms with van der Waals surface area (Å²) in [7, 11) is 0. The van der Waals surface area contributed by atoms with Crippen molar-refractivity contribution >= 4 is 11.0 Å². The van der Waals surface area contributed by atoms with E-state index in [-0.39, 0.29) is 0 Å². The normalized spacial score (nSPS) is 20.7. The highest BCUT2D eigenvalue weighted by Gasteiger charge is 2.46. The van der Waals surface area contributed by atoms with Crippen molar-refractivity contribution in [2.45, 2.75) is 57.2 Å². The van der Waals surface area contributed by atoms with Crippen molar-refractivity contribution in [2.24, 2.45) is 0 Å². The Kier molecular flexibility index (Phi) is 4.41. The number of ether oxygens (including phenoxy) is 1. The number of nitrogens with one attached hydrogen (secondary N) is 1. The van der Waals surface area contributed by atoms with Crippen LogP contribution in [-0.2, 0) is 10.3 Å². The Labute approximate surface area is 185 Å². The van der Waals surface area contributed by atoms with Gasteiger partial charge in [0, 0.05) is 29.8 Å². The molecule has 3 aromatic heterocycles. The first-order valence-corrected chi connectivity index (χ1v) is 11.1. The van der Waals surface area contributed by atoms with Crippen LogP contribution in [0.5, 0.6) is 0 Å². The summed E-state index contributed by atoms with van der Waals surface area (Å²) in [5.74, 6) is 2.18. The molecule has 0 amide bonds. The fraction of sp³-hybridized carbons (Fsp3) is 0.417. The van der Waals surface area contributed by atoms with Crippen LogP contribution in [0.1, 0.15) is 60.1 Å². The molecule has 8 heteroatoms. The standard InChI is InChI=1S/C24H25N5O3/c1-13-22(14(2)32-29-13)16-11-18-19(27-23(26-18)15-7-8-15)12-17(16)24(30,21-6-4-10-31-21)20-5-3-9-25-28-20/h3,5,9,11-12,15,21,30H,4,6-8,10H2,1-2H3,(H,26,27). The van der Waals surface area contributed by atoms with E-state index in [0.29, 0.717) is 29.5 Å². The van der Waals surface area contributed by atoms with Gasteiger partial charge in [0.1, 0.15) is 17.3 Å². The third-order valence-electron chi connectivity index (χ3n) is 6.68. The number of hydrogen-bond donors (Lipinski definition) is 2. The summed E-state index contributed by atoms with van der Waals surface area (Å²) in [6.07, 6.45) is 5.08. The molecule has 2 atom stereocenters. The van der Waals surface area contributed by atoms with Crippen molar-refractivity contribution in [2.75, 3.05) is 6.61 Å². The first-order valence-electron chi connectivity index (χ1n) is 11.1. The average molecular weight is 431 g/mol. The summed E-state index contributed by atoms with van der Waals surface area (Å²) in [5, 5.41) is 24.9. The summed E-state index contributed by atoms with van der Waals surface area (Å²) in [5.41, 5.74) is 3.85. The van der Waals surface area contributed by atoms with Crippen LogP contribution in [0.25, 0.3) is 22.2 Å². The molecule has 0 bridgehead atoms. The number of rotatable bonds is 5. The molecule has 32 heavy (non-hydrogen) atoms. The van der Waals surface area contributed by atoms with Crippen LogP contribution in [0.15, 0.2) is 35.0 Å². The van der Waals surface area contributed by atoms with E-state index >= 15 is 0 Å². The van der Waals surface area contributed by atoms with Gasteiger partial charge in [-0.2, -0.15) is 10.2 Å². The number of nitrogens with zero attached hydrogens (tertiary/aromatic N) is 4. The summed E-state index contributed by atoms with van der Waals surface area (Å²) >= 11 is 0. The molecule has 8 nitrogen and oxygen atoms in total. The van der Waals surface area contributed by atoms with Gasteiger partial charge in [-0.3, -0.25) is 0 Å². The predicted octanol–water partition coefficient (Wildman–Crippen LogP) is 3.92. The van der Waals surface area contributed by atoms with Gasteiger partial charge in [-0.15, -0.1) is 0 Å². The number of H-pyrrole nitrogens is 1. The van der Waals surface area contributed by atoms with E-state index in [4.69, 9.17) is 14.2 Å². The fourth-order valence-electron chi connectivity index (χ4n) is 4.90. The topological polar surface area (TPSA) is 110 Å². The van der Waals surface area contributed by atoms with Gasteiger partial charge >= 0.3 is 0 Å². The summed E-state index contributed by atoms with van der Waals surface area (Å²) in [6.45, 7) is 4.40. The monoisotopic (exact) mass is 431 g/mol. The van der Waals surface area contributed by atoms with Crippen LogP contribution in [0.4, 0.5) is 0 Å². The minimum absolute atomic E-state index is 0.443. The average Bonchev–Trinajstić information content (AvgIpc) is 3.19. The molecule has 4 heterocycles. The van der Waals surface area contributed by atoms with Crippen LogP contribution in [0.2, 0.25) is 0 Å². The number of aromatic nitrogens is 5. The SMILES string of the molecule is Cc1noc(C)c1-c1cc2nc(C3CC3)[nH]c2cc1C(O)(c1cccnn1)C1CCCO1. The Balaban J connectivity index is 1.66. The number of fused-ring (bicyclic) bond motifs is 1. The Bertz CT molecular complexity index is 1270. The summed E-state index contributed by atoms with van der Waals surface area (Å²) < 4.78 is 11.5. The van der Waals surface area contributed by atoms with Crippen LogP contribution >= 0.6 is 0 Å². The van der Waals surface area contributed by atoms with E-state index in [0.717, 1.165) is 59.4 Å². The molecular weight excluding hydrogens is 406 g/mol. The molecule has 0 spiro atoms. The van der Waals surface area contributed by atoms with Gasteiger partial charge in [-0.25, -0.2) is 4.98 Å². The molecule has 1 saturated heterocycles. The molecule has 1 saturated carbocycles. The molecule has 1 aliphatic heterocycles. The third kappa shape index (κ3) is 2.97. The quantitative estimate of drug-likeness (QED) is 0.493. The second kappa shape index (κ2) is 7.21. The van der Waals surface area contributed by atoms with Gasteiger partial charge in [-0.05, 0) is 69.4 Å². The summed E-state index contributed by atoms with van der Waals surface area (Å²) in [6, 6.07) is 7.61. The number of imidazole rings is 1. The zero-order valence-corrected chi connectivity index (χ0v) is 18.1. The smallest absolute Gasteiger partial charge is 0.160 e. The van der Waals surface area contributed by atoms with Crippen LogP contribution in [0, 0.1) is 13.8 Å². The van der Waals surface area contributed by atoms with Gasteiger partial charge in [0.25, 0.3) is 0 Å². The van der Waals surface area contributed by atoms with Crippen LogP contribution in [0.3, 0.4) is 0 Å². The highest BCUT2D eigenvalue weighted by Crippen LogP contribution is 2.46. The van der Waals surface area contributed by atoms with E-state index in [1.165, 1.54) is 0 Å². The van der Waals surface area contributed by atoms with Gasteiger partial charge in [-0.1, -0.05) is 5.16 Å². The molecule has 2 fully saturated rings. The first-order chi connectivity index (χ1) is 15.6. The molecule has 4 aromatic rings. The Hall–Kier alpha value is -3.10. The minimum atomic E-state index is -1.49. The van der Waals surface area contributed by atoms with Crippen LogP contribution < -0.4 is 0 Å². The number of hydrogen-bond acceptors (Lipinski definition) is 7. The molecule has 2 N–H and O–H groups in total. The van der Waals surface area contributed by atoms with Gasteiger partial charge < -0.3 is 19.4 Å². The van der Waals surface area contributed by atoms with E-state index in [1.54, 1.807) is 18.3 Å². The highest BCUT2D eigenvalue weighted by molar-refractivity contribution is 5.86. The van der Waals surface area contributed by atoms with Crippen molar-refractivity contribution in [1.29, 1.82) is 0 Å². The van der Waals surface area contributed by atoms with Gasteiger partial charge in [0.2, 0.25) is 0 Å². The molecule has 2 aliphatic rings. The zero-order chi connectivity index (χ0) is 21.9. The number of aromatic amines is 1. The van der Waals surface area contributed by atoms with Crippen molar-refractivity contribution in [3.05, 3.63) is 59.0 Å². The largest absolute Gasteiger partial charge is 0.376 e. The van der Waals surface area contributed by atoms with Crippen molar-refractivity contribution in [3.8, 4) is 11.1 Å². The molecule has 1 aliphatic carbocycles. The Morgan fingerprint density at radius 1 is 1.19 bits per heavy atom. The second-order valence-electron chi connectivity index (χ2n) is 8.89. The molecular formula is C24H25N5O3. The highest BCUT2D eigenvalue weighted by atomic mass is 16.5. The maximum absolute atomic E-state index is 12.4. The maximum Gasteiger partial charge on any atom is 0.160 e. The molecule has 6 rings (SSSR count). The number of aryl methyl sites for hydroxylation is 2. The van der Waals surface area contributed by atoms with E-state index in [2.05, 4.69) is 20.3 Å². The second-order valence-corrected chi connectivity index (χ2v) is 8.89. The molecule has 1 aromatic carbocycles. The third-order valence-corrected chi connectivity index (χ3v) is 6.68. The molecule has 164 valence electrons. The first kappa shape index (κ1) is 19.6. The molecule has 0 radical (unpaired) electrons. The fourth-order valence-corrected chi connectivity index (χ4v) is 4.90. The lowest BCUT2D eigenvalue weighted by Crippen LogP contribution is -2.41. The lowest BCUT2D eigenvalue weighted by molar-refractivity contribution is -0.0645. The van der Waals surface area contributed by atoms with Gasteiger partial charge in [0.15, 0.2) is 5.60 Å². The predicted molar refractivity (Wildman–Crippen MR) is 117 cm³/mol. The number of aliphatic hydroxyl groups is 1. The minimum Gasteiger partial charge on any atom is -0.376 e. The lowest BCUT2D eigenvalue weighted by Gasteiger charge is -2.34. The van der Waals surface area contributed by atoms with Crippen molar-refractivity contribution in [1.82, 2.24) is 25.3 Å². The Morgan fingerprint density at radius 2 is 2.06 bits per heavy atom. The van der Waals surface area contributed by atoms with E-state index in [1.807, 2.05) is 26.0 Å². The summed E-state index contributed by atoms with van der Waals surface area (Å²) in [4.78, 5) is 8.33. The van der Waals surface area contributed by atoms with Gasteiger partial charge in [0.05, 0.1) is 22.8 Å². The van der Waals surface area contributed by atoms with E-state index < -0.39 is 11.7 Å². The maximum atomic E-state index is 12.4. The zero-order valence-electron chi connectivity index (χ0n) is 18.1. The Morgan fingerprint density at radius 3 is 2.72 bits per heavy atom. The van der Waals surface area contributed by atoms with Crippen molar-refractivity contribution in [3.63, 3.8) is 0 Å². The van der Waals surface area contributed by atoms with Crippen LogP contribution in [-0.4, -0.2) is 43.1 Å². The van der Waals surface area contributed by atoms with Crippen molar-refractivity contribution < 1.29 is 14.4 Å². The van der Waals surface area contributed by atoms with E-state index in [9.17, 15) is 5.11 Å². The molecule has 2 unspecified atom stereocenters. The lowest BCUT2D eigenvalue weighted by atomic mass is 9.79.